The van der Waals surface area contributed by atoms with Gasteiger partial charge in [-0.1, -0.05) is 23.7 Å². The summed E-state index contributed by atoms with van der Waals surface area (Å²) in [6.07, 6.45) is 0.828. The zero-order chi connectivity index (χ0) is 14.7. The number of carbonyl (C=O) groups excluding carboxylic acids is 1. The maximum atomic E-state index is 10.8. The lowest BCUT2D eigenvalue weighted by molar-refractivity contribution is 0.112. The Labute approximate surface area is 123 Å². The van der Waals surface area contributed by atoms with E-state index in [4.69, 9.17) is 21.1 Å². The standard InChI is InChI=1S/C16H15ClO3/c1-10-8-11(9-18)4-5-12(10)13-6-7-14(19-2)15(17)16(13)20-3/h4-9H,1-3H3. The van der Waals surface area contributed by atoms with Crippen LogP contribution in [-0.2, 0) is 0 Å². The van der Waals surface area contributed by atoms with Gasteiger partial charge in [-0.2, -0.15) is 0 Å². The number of aryl methyl sites for hydroxylation is 1. The van der Waals surface area contributed by atoms with Crippen molar-refractivity contribution in [1.82, 2.24) is 0 Å². The molecular formula is C16H15ClO3. The molecule has 3 nitrogen and oxygen atoms in total. The molecule has 20 heavy (non-hydrogen) atoms. The first-order chi connectivity index (χ1) is 9.62. The fraction of sp³-hybridized carbons (Fsp3) is 0.188. The van der Waals surface area contributed by atoms with Crippen LogP contribution < -0.4 is 9.47 Å². The zero-order valence-corrected chi connectivity index (χ0v) is 12.3. The van der Waals surface area contributed by atoms with Crippen molar-refractivity contribution in [3.05, 3.63) is 46.5 Å². The first-order valence-electron chi connectivity index (χ1n) is 6.09. The van der Waals surface area contributed by atoms with E-state index < -0.39 is 0 Å². The molecule has 0 bridgehead atoms. The molecule has 0 saturated carbocycles. The maximum absolute atomic E-state index is 10.8. The van der Waals surface area contributed by atoms with Gasteiger partial charge in [0.2, 0.25) is 0 Å². The number of hydrogen-bond donors (Lipinski definition) is 0. The summed E-state index contributed by atoms with van der Waals surface area (Å²) < 4.78 is 10.6. The van der Waals surface area contributed by atoms with Crippen LogP contribution in [0.15, 0.2) is 30.3 Å². The molecule has 0 N–H and O–H groups in total. The molecule has 4 heteroatoms. The van der Waals surface area contributed by atoms with Gasteiger partial charge in [0, 0.05) is 11.1 Å². The van der Waals surface area contributed by atoms with Crippen molar-refractivity contribution in [2.24, 2.45) is 0 Å². The van der Waals surface area contributed by atoms with E-state index in [0.29, 0.717) is 22.1 Å². The third-order valence-corrected chi connectivity index (χ3v) is 3.52. The van der Waals surface area contributed by atoms with Crippen molar-refractivity contribution in [2.45, 2.75) is 6.92 Å². The van der Waals surface area contributed by atoms with Gasteiger partial charge in [0.25, 0.3) is 0 Å². The Hall–Kier alpha value is -2.00. The van der Waals surface area contributed by atoms with E-state index in [1.165, 1.54) is 0 Å². The number of halogens is 1. The van der Waals surface area contributed by atoms with Crippen molar-refractivity contribution in [1.29, 1.82) is 0 Å². The lowest BCUT2D eigenvalue weighted by atomic mass is 9.97. The van der Waals surface area contributed by atoms with Gasteiger partial charge in [-0.05, 0) is 36.2 Å². The minimum absolute atomic E-state index is 0.436. The summed E-state index contributed by atoms with van der Waals surface area (Å²) in [5.41, 5.74) is 3.46. The Morgan fingerprint density at radius 2 is 1.75 bits per heavy atom. The van der Waals surface area contributed by atoms with Gasteiger partial charge >= 0.3 is 0 Å². The fourth-order valence-electron chi connectivity index (χ4n) is 2.17. The van der Waals surface area contributed by atoms with Gasteiger partial charge in [0.1, 0.15) is 22.8 Å². The van der Waals surface area contributed by atoms with Crippen LogP contribution >= 0.6 is 11.6 Å². The van der Waals surface area contributed by atoms with Gasteiger partial charge in [-0.25, -0.2) is 0 Å². The predicted molar refractivity (Wildman–Crippen MR) is 80.1 cm³/mol. The first-order valence-corrected chi connectivity index (χ1v) is 6.46. The van der Waals surface area contributed by atoms with Crippen LogP contribution in [-0.4, -0.2) is 20.5 Å². The van der Waals surface area contributed by atoms with E-state index in [1.54, 1.807) is 26.4 Å². The largest absolute Gasteiger partial charge is 0.495 e. The van der Waals surface area contributed by atoms with Gasteiger partial charge in [0.15, 0.2) is 0 Å². The van der Waals surface area contributed by atoms with E-state index in [2.05, 4.69) is 0 Å². The molecule has 0 amide bonds. The third-order valence-electron chi connectivity index (χ3n) is 3.16. The van der Waals surface area contributed by atoms with E-state index in [0.717, 1.165) is 23.0 Å². The molecule has 2 aromatic rings. The molecule has 0 fully saturated rings. The van der Waals surface area contributed by atoms with Crippen LogP contribution in [0.2, 0.25) is 5.02 Å². The number of benzene rings is 2. The average Bonchev–Trinajstić information content (AvgIpc) is 2.46. The normalized spacial score (nSPS) is 10.2. The summed E-state index contributed by atoms with van der Waals surface area (Å²) in [4.78, 5) is 10.8. The third kappa shape index (κ3) is 2.49. The fourth-order valence-corrected chi connectivity index (χ4v) is 2.49. The monoisotopic (exact) mass is 290 g/mol. The SMILES string of the molecule is COc1ccc(-c2ccc(C=O)cc2C)c(OC)c1Cl. The van der Waals surface area contributed by atoms with E-state index in [9.17, 15) is 4.79 Å². The van der Waals surface area contributed by atoms with Crippen LogP contribution in [0.5, 0.6) is 11.5 Å². The minimum Gasteiger partial charge on any atom is -0.495 e. The second-order valence-corrected chi connectivity index (χ2v) is 4.73. The molecule has 0 aliphatic rings. The van der Waals surface area contributed by atoms with E-state index >= 15 is 0 Å². The number of methoxy groups -OCH3 is 2. The van der Waals surface area contributed by atoms with Crippen LogP contribution in [0.1, 0.15) is 15.9 Å². The summed E-state index contributed by atoms with van der Waals surface area (Å²) >= 11 is 6.27. The Bertz CT molecular complexity index is 650. The molecule has 0 unspecified atom stereocenters. The molecule has 104 valence electrons. The Kier molecular flexibility index (Phi) is 4.30. The number of rotatable bonds is 4. The molecule has 0 saturated heterocycles. The Balaban J connectivity index is 2.63. The molecule has 2 aromatic carbocycles. The van der Waals surface area contributed by atoms with Crippen molar-refractivity contribution in [3.63, 3.8) is 0 Å². The summed E-state index contributed by atoms with van der Waals surface area (Å²) in [5.74, 6) is 1.13. The number of aldehydes is 1. The van der Waals surface area contributed by atoms with Gasteiger partial charge < -0.3 is 9.47 Å². The first kappa shape index (κ1) is 14.4. The summed E-state index contributed by atoms with van der Waals surface area (Å²) in [7, 11) is 3.13. The lowest BCUT2D eigenvalue weighted by Gasteiger charge is -2.15. The summed E-state index contributed by atoms with van der Waals surface area (Å²) in [6.45, 7) is 1.94. The summed E-state index contributed by atoms with van der Waals surface area (Å²) in [5, 5.41) is 0.436. The minimum atomic E-state index is 0.436. The molecule has 0 heterocycles. The predicted octanol–water partition coefficient (Wildman–Crippen LogP) is 4.15. The molecule has 0 radical (unpaired) electrons. The maximum Gasteiger partial charge on any atom is 0.150 e. The summed E-state index contributed by atoms with van der Waals surface area (Å²) in [6, 6.07) is 9.19. The second kappa shape index (κ2) is 5.97. The molecule has 0 aromatic heterocycles. The highest BCUT2D eigenvalue weighted by Crippen LogP contribution is 2.42. The van der Waals surface area contributed by atoms with Crippen molar-refractivity contribution >= 4 is 17.9 Å². The van der Waals surface area contributed by atoms with Crippen LogP contribution in [0, 0.1) is 6.92 Å². The highest BCUT2D eigenvalue weighted by molar-refractivity contribution is 6.34. The Morgan fingerprint density at radius 3 is 2.30 bits per heavy atom. The molecule has 0 spiro atoms. The lowest BCUT2D eigenvalue weighted by Crippen LogP contribution is -1.94. The van der Waals surface area contributed by atoms with Gasteiger partial charge in [-0.15, -0.1) is 0 Å². The van der Waals surface area contributed by atoms with Crippen molar-refractivity contribution < 1.29 is 14.3 Å². The second-order valence-electron chi connectivity index (χ2n) is 4.35. The van der Waals surface area contributed by atoms with Crippen molar-refractivity contribution in [3.8, 4) is 22.6 Å². The molecule has 0 atom stereocenters. The highest BCUT2D eigenvalue weighted by atomic mass is 35.5. The molecule has 2 rings (SSSR count). The topological polar surface area (TPSA) is 35.5 Å². The average molecular weight is 291 g/mol. The van der Waals surface area contributed by atoms with Gasteiger partial charge in [-0.3, -0.25) is 4.79 Å². The molecule has 0 aliphatic heterocycles. The smallest absolute Gasteiger partial charge is 0.150 e. The van der Waals surface area contributed by atoms with Crippen LogP contribution in [0.25, 0.3) is 11.1 Å². The van der Waals surface area contributed by atoms with Crippen LogP contribution in [0.4, 0.5) is 0 Å². The molecular weight excluding hydrogens is 276 g/mol. The van der Waals surface area contributed by atoms with E-state index in [-0.39, 0.29) is 0 Å². The number of ether oxygens (including phenoxy) is 2. The quantitative estimate of drug-likeness (QED) is 0.794. The van der Waals surface area contributed by atoms with E-state index in [1.807, 2.05) is 25.1 Å². The van der Waals surface area contributed by atoms with Crippen LogP contribution in [0.3, 0.4) is 0 Å². The van der Waals surface area contributed by atoms with Gasteiger partial charge in [0.05, 0.1) is 14.2 Å². The number of carbonyl (C=O) groups is 1. The highest BCUT2D eigenvalue weighted by Gasteiger charge is 2.15. The number of hydrogen-bond acceptors (Lipinski definition) is 3. The molecule has 0 aliphatic carbocycles. The Morgan fingerprint density at radius 1 is 1.05 bits per heavy atom. The van der Waals surface area contributed by atoms with Crippen molar-refractivity contribution in [2.75, 3.05) is 14.2 Å². The zero-order valence-electron chi connectivity index (χ0n) is 11.6.